The number of piperidine rings is 1. The summed E-state index contributed by atoms with van der Waals surface area (Å²) >= 11 is 0. The highest BCUT2D eigenvalue weighted by Crippen LogP contribution is 2.27. The summed E-state index contributed by atoms with van der Waals surface area (Å²) in [6.45, 7) is 4.24. The van der Waals surface area contributed by atoms with Crippen LogP contribution in [0, 0.1) is 21.3 Å². The molecule has 0 atom stereocenters. The fourth-order valence-corrected chi connectivity index (χ4v) is 2.45. The molecule has 0 unspecified atom stereocenters. The molecule has 1 aromatic carbocycles. The molecule has 0 bridgehead atoms. The molecule has 2 rings (SSSR count). The number of carbonyl (C=O) groups excluding carboxylic acids is 1. The summed E-state index contributed by atoms with van der Waals surface area (Å²) in [5.74, 6) is -1.28. The van der Waals surface area contributed by atoms with E-state index in [9.17, 15) is 19.3 Å². The summed E-state index contributed by atoms with van der Waals surface area (Å²) in [5.41, 5.74) is -0.662. The number of nitro benzene ring substituents is 1. The van der Waals surface area contributed by atoms with Crippen molar-refractivity contribution in [2.24, 2.45) is 5.41 Å². The van der Waals surface area contributed by atoms with Crippen molar-refractivity contribution in [1.82, 2.24) is 10.6 Å². The Hall–Kier alpha value is -1.73. The average Bonchev–Trinajstić information content (AvgIpc) is 2.45. The van der Waals surface area contributed by atoms with Crippen LogP contribution in [0.1, 0.15) is 30.1 Å². The molecule has 8 heteroatoms. The monoisotopic (exact) mass is 331 g/mol. The minimum atomic E-state index is -0.680. The molecule has 0 aromatic heterocycles. The van der Waals surface area contributed by atoms with E-state index in [2.05, 4.69) is 17.6 Å². The van der Waals surface area contributed by atoms with Crippen molar-refractivity contribution in [1.29, 1.82) is 0 Å². The molecule has 122 valence electrons. The zero-order valence-corrected chi connectivity index (χ0v) is 13.0. The highest BCUT2D eigenvalue weighted by atomic mass is 35.5. The number of hydrogen-bond acceptors (Lipinski definition) is 4. The Bertz CT molecular complexity index is 562. The maximum atomic E-state index is 13.2. The van der Waals surface area contributed by atoms with Gasteiger partial charge in [-0.25, -0.2) is 4.39 Å². The Labute approximate surface area is 134 Å². The van der Waals surface area contributed by atoms with Crippen molar-refractivity contribution >= 4 is 24.0 Å². The molecule has 0 spiro atoms. The molecule has 1 amide bonds. The van der Waals surface area contributed by atoms with Gasteiger partial charge in [-0.2, -0.15) is 0 Å². The summed E-state index contributed by atoms with van der Waals surface area (Å²) in [4.78, 5) is 22.3. The van der Waals surface area contributed by atoms with E-state index in [1.165, 1.54) is 0 Å². The van der Waals surface area contributed by atoms with E-state index in [1.807, 2.05) is 0 Å². The second kappa shape index (κ2) is 7.51. The van der Waals surface area contributed by atoms with Gasteiger partial charge >= 0.3 is 0 Å². The van der Waals surface area contributed by atoms with E-state index in [0.29, 0.717) is 6.54 Å². The molecule has 6 nitrogen and oxygen atoms in total. The first-order valence-corrected chi connectivity index (χ1v) is 6.84. The summed E-state index contributed by atoms with van der Waals surface area (Å²) in [7, 11) is 0. The standard InChI is InChI=1S/C14H18FN3O3.ClH/c1-14(4-6-16-7-5-14)9-17-13(19)11-8-10(15)2-3-12(11)18(20)21;/h2-3,8,16H,4-7,9H2,1H3,(H,17,19);1H. The molecule has 1 aliphatic rings. The van der Waals surface area contributed by atoms with Gasteiger partial charge in [0, 0.05) is 12.6 Å². The molecule has 1 fully saturated rings. The number of nitro groups is 1. The van der Waals surface area contributed by atoms with Crippen LogP contribution in [0.3, 0.4) is 0 Å². The Balaban J connectivity index is 0.00000242. The van der Waals surface area contributed by atoms with Gasteiger partial charge in [0.25, 0.3) is 11.6 Å². The third-order valence-corrected chi connectivity index (χ3v) is 3.89. The number of benzene rings is 1. The van der Waals surface area contributed by atoms with E-state index in [0.717, 1.165) is 44.1 Å². The van der Waals surface area contributed by atoms with Crippen LogP contribution in [0.2, 0.25) is 0 Å². The lowest BCUT2D eigenvalue weighted by Gasteiger charge is -2.34. The van der Waals surface area contributed by atoms with E-state index in [-0.39, 0.29) is 29.1 Å². The molecule has 0 aliphatic carbocycles. The smallest absolute Gasteiger partial charge is 0.282 e. The van der Waals surface area contributed by atoms with Gasteiger partial charge in [-0.3, -0.25) is 14.9 Å². The summed E-state index contributed by atoms with van der Waals surface area (Å²) in [5, 5.41) is 16.8. The lowest BCUT2D eigenvalue weighted by Crippen LogP contribution is -2.43. The number of nitrogens with one attached hydrogen (secondary N) is 2. The van der Waals surface area contributed by atoms with Crippen LogP contribution in [0.15, 0.2) is 18.2 Å². The first kappa shape index (κ1) is 18.3. The van der Waals surface area contributed by atoms with Gasteiger partial charge in [-0.1, -0.05) is 6.92 Å². The zero-order valence-electron chi connectivity index (χ0n) is 12.2. The normalized spacial score (nSPS) is 16.5. The predicted molar refractivity (Wildman–Crippen MR) is 82.8 cm³/mol. The van der Waals surface area contributed by atoms with Gasteiger partial charge in [0.2, 0.25) is 0 Å². The molecule has 0 radical (unpaired) electrons. The SMILES string of the molecule is CC1(CNC(=O)c2cc(F)ccc2[N+](=O)[O-])CCNCC1.Cl. The Morgan fingerprint density at radius 3 is 2.68 bits per heavy atom. The Morgan fingerprint density at radius 2 is 2.09 bits per heavy atom. The number of halogens is 2. The zero-order chi connectivity index (χ0) is 15.5. The van der Waals surface area contributed by atoms with Gasteiger partial charge < -0.3 is 10.6 Å². The summed E-state index contributed by atoms with van der Waals surface area (Å²) in [6, 6.07) is 2.89. The quantitative estimate of drug-likeness (QED) is 0.655. The van der Waals surface area contributed by atoms with Gasteiger partial charge in [-0.05, 0) is 43.5 Å². The van der Waals surface area contributed by atoms with Gasteiger partial charge in [0.05, 0.1) is 4.92 Å². The first-order chi connectivity index (χ1) is 9.91. The number of amides is 1. The minimum absolute atomic E-state index is 0. The van der Waals surface area contributed by atoms with E-state index >= 15 is 0 Å². The number of rotatable bonds is 4. The Morgan fingerprint density at radius 1 is 1.45 bits per heavy atom. The van der Waals surface area contributed by atoms with Gasteiger partial charge in [0.15, 0.2) is 0 Å². The molecular weight excluding hydrogens is 313 g/mol. The molecule has 1 aliphatic heterocycles. The Kier molecular flexibility index (Phi) is 6.25. The third-order valence-electron chi connectivity index (χ3n) is 3.89. The van der Waals surface area contributed by atoms with Crippen LogP contribution >= 0.6 is 12.4 Å². The molecular formula is C14H19ClFN3O3. The lowest BCUT2D eigenvalue weighted by molar-refractivity contribution is -0.385. The average molecular weight is 332 g/mol. The van der Waals surface area contributed by atoms with Crippen LogP contribution in [0.4, 0.5) is 10.1 Å². The third kappa shape index (κ3) is 4.38. The van der Waals surface area contributed by atoms with Crippen LogP contribution in [0.5, 0.6) is 0 Å². The number of nitrogens with zero attached hydrogens (tertiary/aromatic N) is 1. The predicted octanol–water partition coefficient (Wildman–Crippen LogP) is 2.28. The van der Waals surface area contributed by atoms with Crippen molar-refractivity contribution in [2.75, 3.05) is 19.6 Å². The fourth-order valence-electron chi connectivity index (χ4n) is 2.45. The van der Waals surface area contributed by atoms with Crippen molar-refractivity contribution < 1.29 is 14.1 Å². The number of hydrogen-bond donors (Lipinski definition) is 2. The van der Waals surface area contributed by atoms with Gasteiger partial charge in [-0.15, -0.1) is 12.4 Å². The van der Waals surface area contributed by atoms with Crippen LogP contribution in [-0.2, 0) is 0 Å². The molecule has 1 heterocycles. The van der Waals surface area contributed by atoms with E-state index < -0.39 is 16.6 Å². The molecule has 0 saturated carbocycles. The topological polar surface area (TPSA) is 84.3 Å². The van der Waals surface area contributed by atoms with Crippen molar-refractivity contribution in [3.8, 4) is 0 Å². The second-order valence-corrected chi connectivity index (χ2v) is 5.66. The van der Waals surface area contributed by atoms with E-state index in [4.69, 9.17) is 0 Å². The fraction of sp³-hybridized carbons (Fsp3) is 0.500. The summed E-state index contributed by atoms with van der Waals surface area (Å²) in [6.07, 6.45) is 1.83. The van der Waals surface area contributed by atoms with Crippen molar-refractivity contribution in [2.45, 2.75) is 19.8 Å². The first-order valence-electron chi connectivity index (χ1n) is 6.84. The molecule has 1 saturated heterocycles. The van der Waals surface area contributed by atoms with Crippen LogP contribution in [0.25, 0.3) is 0 Å². The largest absolute Gasteiger partial charge is 0.351 e. The van der Waals surface area contributed by atoms with E-state index in [1.54, 1.807) is 0 Å². The molecule has 2 N–H and O–H groups in total. The van der Waals surface area contributed by atoms with Crippen LogP contribution < -0.4 is 10.6 Å². The lowest BCUT2D eigenvalue weighted by atomic mass is 9.81. The van der Waals surface area contributed by atoms with Crippen molar-refractivity contribution in [3.05, 3.63) is 39.7 Å². The molecule has 22 heavy (non-hydrogen) atoms. The highest BCUT2D eigenvalue weighted by Gasteiger charge is 2.28. The number of carbonyl (C=O) groups is 1. The molecule has 1 aromatic rings. The maximum absolute atomic E-state index is 13.2. The maximum Gasteiger partial charge on any atom is 0.282 e. The minimum Gasteiger partial charge on any atom is -0.351 e. The second-order valence-electron chi connectivity index (χ2n) is 5.66. The van der Waals surface area contributed by atoms with Crippen LogP contribution in [-0.4, -0.2) is 30.5 Å². The highest BCUT2D eigenvalue weighted by molar-refractivity contribution is 5.98. The van der Waals surface area contributed by atoms with Gasteiger partial charge in [0.1, 0.15) is 11.4 Å². The summed E-state index contributed by atoms with van der Waals surface area (Å²) < 4.78 is 13.2. The van der Waals surface area contributed by atoms with Crippen molar-refractivity contribution in [3.63, 3.8) is 0 Å².